The molecule has 2 N–H and O–H groups in total. The average molecular weight is 491 g/mol. The molecule has 194 valence electrons. The third-order valence-electron chi connectivity index (χ3n) is 7.35. The van der Waals surface area contributed by atoms with E-state index in [1.165, 1.54) is 30.7 Å². The highest BCUT2D eigenvalue weighted by Crippen LogP contribution is 2.42. The molecule has 0 saturated carbocycles. The van der Waals surface area contributed by atoms with E-state index in [0.717, 1.165) is 28.7 Å². The Morgan fingerprint density at radius 2 is 1.11 bits per heavy atom. The van der Waals surface area contributed by atoms with Gasteiger partial charge in [0.1, 0.15) is 5.60 Å². The van der Waals surface area contributed by atoms with E-state index in [-0.39, 0.29) is 0 Å². The fraction of sp³-hybridized carbons (Fsp3) is 0.419. The van der Waals surface area contributed by atoms with Gasteiger partial charge in [-0.05, 0) is 62.3 Å². The van der Waals surface area contributed by atoms with E-state index >= 15 is 0 Å². The molecule has 0 aliphatic heterocycles. The molecular formula is C31H45BNO3+. The Bertz CT molecular complexity index is 948. The summed E-state index contributed by atoms with van der Waals surface area (Å²) in [7, 11) is -1.92. The summed E-state index contributed by atoms with van der Waals surface area (Å²) in [6, 6.07) is 27.5. The first kappa shape index (κ1) is 29.8. The van der Waals surface area contributed by atoms with Crippen LogP contribution in [0.4, 0.5) is 0 Å². The first-order chi connectivity index (χ1) is 17.3. The van der Waals surface area contributed by atoms with Crippen LogP contribution in [0.3, 0.4) is 0 Å². The normalized spacial score (nSPS) is 11.7. The van der Waals surface area contributed by atoms with Crippen LogP contribution < -0.4 is 0 Å². The van der Waals surface area contributed by atoms with Crippen LogP contribution in [0.5, 0.6) is 0 Å². The van der Waals surface area contributed by atoms with Gasteiger partial charge in [-0.1, -0.05) is 98.8 Å². The number of rotatable bonds is 11. The molecule has 0 aromatic heterocycles. The predicted octanol–water partition coefficient (Wildman–Crippen LogP) is 6.05. The van der Waals surface area contributed by atoms with Crippen molar-refractivity contribution in [3.8, 4) is 0 Å². The Morgan fingerprint density at radius 1 is 0.694 bits per heavy atom. The van der Waals surface area contributed by atoms with Gasteiger partial charge in [-0.15, -0.1) is 0 Å². The van der Waals surface area contributed by atoms with Crippen molar-refractivity contribution in [1.29, 1.82) is 0 Å². The molecule has 0 spiro atoms. The summed E-state index contributed by atoms with van der Waals surface area (Å²) >= 11 is 0. The molecule has 4 nitrogen and oxygen atoms in total. The Kier molecular flexibility index (Phi) is 11.9. The van der Waals surface area contributed by atoms with Crippen molar-refractivity contribution < 1.29 is 19.2 Å². The molecule has 0 amide bonds. The summed E-state index contributed by atoms with van der Waals surface area (Å²) in [6.45, 7) is 18.6. The second-order valence-electron chi connectivity index (χ2n) is 9.72. The molecule has 0 radical (unpaired) electrons. The van der Waals surface area contributed by atoms with E-state index in [2.05, 4.69) is 47.6 Å². The van der Waals surface area contributed by atoms with Gasteiger partial charge in [0.2, 0.25) is 0 Å². The zero-order chi connectivity index (χ0) is 26.6. The third kappa shape index (κ3) is 7.30. The van der Waals surface area contributed by atoms with Gasteiger partial charge in [-0.3, -0.25) is 0 Å². The molecule has 0 fully saturated rings. The number of benzene rings is 3. The summed E-state index contributed by atoms with van der Waals surface area (Å²) in [6.07, 6.45) is 0.864. The van der Waals surface area contributed by atoms with E-state index in [9.17, 15) is 10.0 Å². The lowest BCUT2D eigenvalue weighted by Gasteiger charge is -2.37. The number of nitrogens with zero attached hydrogens (tertiary/aromatic N) is 1. The molecular weight excluding hydrogens is 445 g/mol. The minimum atomic E-state index is -1.92. The molecule has 3 aromatic rings. The monoisotopic (exact) mass is 490 g/mol. The van der Waals surface area contributed by atoms with Gasteiger partial charge in [0, 0.05) is 0 Å². The van der Waals surface area contributed by atoms with E-state index in [0.29, 0.717) is 5.92 Å². The Balaban J connectivity index is 0.000000434. The van der Waals surface area contributed by atoms with E-state index in [1.54, 1.807) is 0 Å². The van der Waals surface area contributed by atoms with Gasteiger partial charge in [-0.25, -0.2) is 0 Å². The summed E-state index contributed by atoms with van der Waals surface area (Å²) in [5.74, 6) is 0.453. The standard InChI is InChI=1S/C23H25BO3.C8H20N/c1-18(2)17-19-11-9-10-16-22(19)23(27-24(25)26,20-12-5-3-6-13-20)21-14-7-4-8-15-21;1-5-9(6-2,7-3)8-4/h3-16,18,25-26H,17H2,1-2H3;5-8H2,1-4H3/q;+1. The van der Waals surface area contributed by atoms with Gasteiger partial charge >= 0.3 is 7.32 Å². The van der Waals surface area contributed by atoms with Crippen LogP contribution in [0, 0.1) is 5.92 Å². The number of quaternary nitrogens is 1. The molecule has 0 bridgehead atoms. The van der Waals surface area contributed by atoms with Gasteiger partial charge < -0.3 is 19.2 Å². The zero-order valence-electron chi connectivity index (χ0n) is 23.0. The summed E-state index contributed by atoms with van der Waals surface area (Å²) in [5, 5.41) is 19.8. The van der Waals surface area contributed by atoms with Gasteiger partial charge in [-0.2, -0.15) is 0 Å². The van der Waals surface area contributed by atoms with Crippen LogP contribution >= 0.6 is 0 Å². The van der Waals surface area contributed by atoms with Crippen molar-refractivity contribution in [3.63, 3.8) is 0 Å². The maximum Gasteiger partial charge on any atom is 0.635 e. The zero-order valence-corrected chi connectivity index (χ0v) is 23.0. The predicted molar refractivity (Wildman–Crippen MR) is 151 cm³/mol. The van der Waals surface area contributed by atoms with Crippen LogP contribution in [0.1, 0.15) is 63.8 Å². The van der Waals surface area contributed by atoms with E-state index in [4.69, 9.17) is 4.65 Å². The largest absolute Gasteiger partial charge is 0.635 e. The van der Waals surface area contributed by atoms with Crippen molar-refractivity contribution in [2.75, 3.05) is 26.2 Å². The first-order valence-corrected chi connectivity index (χ1v) is 13.4. The van der Waals surface area contributed by atoms with E-state index in [1.807, 2.05) is 78.9 Å². The molecule has 0 saturated heterocycles. The van der Waals surface area contributed by atoms with Crippen LogP contribution in [0.25, 0.3) is 0 Å². The molecule has 3 aromatic carbocycles. The Labute approximate surface area is 219 Å². The molecule has 36 heavy (non-hydrogen) atoms. The van der Waals surface area contributed by atoms with Gasteiger partial charge in [0.15, 0.2) is 0 Å². The molecule has 0 atom stereocenters. The lowest BCUT2D eigenvalue weighted by molar-refractivity contribution is -0.921. The van der Waals surface area contributed by atoms with Gasteiger partial charge in [0.05, 0.1) is 26.2 Å². The topological polar surface area (TPSA) is 49.7 Å². The quantitative estimate of drug-likeness (QED) is 0.196. The highest BCUT2D eigenvalue weighted by Gasteiger charge is 2.42. The first-order valence-electron chi connectivity index (χ1n) is 13.4. The second kappa shape index (κ2) is 14.3. The van der Waals surface area contributed by atoms with Crippen molar-refractivity contribution in [2.45, 2.75) is 53.6 Å². The molecule has 0 unspecified atom stereocenters. The highest BCUT2D eigenvalue weighted by molar-refractivity contribution is 6.33. The maximum atomic E-state index is 9.88. The maximum absolute atomic E-state index is 9.88. The second-order valence-corrected chi connectivity index (χ2v) is 9.72. The lowest BCUT2D eigenvalue weighted by Crippen LogP contribution is -2.47. The fourth-order valence-corrected chi connectivity index (χ4v) is 5.00. The van der Waals surface area contributed by atoms with Crippen LogP contribution in [0.2, 0.25) is 0 Å². The Hall–Kier alpha value is -2.44. The number of hydrogen-bond donors (Lipinski definition) is 2. The minimum Gasteiger partial charge on any atom is -0.402 e. The Morgan fingerprint density at radius 3 is 1.47 bits per heavy atom. The van der Waals surface area contributed by atoms with Crippen LogP contribution in [-0.4, -0.2) is 48.0 Å². The molecule has 3 rings (SSSR count). The lowest BCUT2D eigenvalue weighted by atomic mass is 9.76. The van der Waals surface area contributed by atoms with Crippen molar-refractivity contribution in [1.82, 2.24) is 0 Å². The van der Waals surface area contributed by atoms with Crippen molar-refractivity contribution in [2.24, 2.45) is 5.92 Å². The highest BCUT2D eigenvalue weighted by atomic mass is 16.6. The van der Waals surface area contributed by atoms with Crippen molar-refractivity contribution >= 4 is 7.32 Å². The number of hydrogen-bond acceptors (Lipinski definition) is 3. The summed E-state index contributed by atoms with van der Waals surface area (Å²) < 4.78 is 7.21. The van der Waals surface area contributed by atoms with E-state index < -0.39 is 12.9 Å². The van der Waals surface area contributed by atoms with Crippen molar-refractivity contribution in [3.05, 3.63) is 107 Å². The smallest absolute Gasteiger partial charge is 0.402 e. The molecule has 0 aliphatic rings. The fourth-order valence-electron chi connectivity index (χ4n) is 5.00. The molecule has 0 heterocycles. The SMILES string of the molecule is CC(C)Cc1ccccc1C(OB(O)O)(c1ccccc1)c1ccccc1.CC[N+](CC)(CC)CC. The third-order valence-corrected chi connectivity index (χ3v) is 7.35. The van der Waals surface area contributed by atoms with Crippen LogP contribution in [0.15, 0.2) is 84.9 Å². The average Bonchev–Trinajstić information content (AvgIpc) is 2.90. The van der Waals surface area contributed by atoms with Gasteiger partial charge in [0.25, 0.3) is 0 Å². The summed E-state index contributed by atoms with van der Waals surface area (Å²) in [5.41, 5.74) is 2.62. The van der Waals surface area contributed by atoms with Crippen LogP contribution in [-0.2, 0) is 16.7 Å². The molecule has 5 heteroatoms. The summed E-state index contributed by atoms with van der Waals surface area (Å²) in [4.78, 5) is 0. The minimum absolute atomic E-state index is 0.453. The molecule has 0 aliphatic carbocycles.